The lowest BCUT2D eigenvalue weighted by Crippen LogP contribution is -2.67. The van der Waals surface area contributed by atoms with Gasteiger partial charge in [0.25, 0.3) is 0 Å². The van der Waals surface area contributed by atoms with Gasteiger partial charge in [0.1, 0.15) is 0 Å². The number of hydrogen-bond donors (Lipinski definition) is 2. The van der Waals surface area contributed by atoms with Crippen molar-refractivity contribution >= 4 is 11.9 Å². The highest BCUT2D eigenvalue weighted by Gasteiger charge is 2.73. The molecule has 0 radical (unpaired) electrons. The molecule has 6 heteroatoms. The van der Waals surface area contributed by atoms with Gasteiger partial charge in [-0.25, -0.2) is 4.79 Å². The second-order valence-corrected chi connectivity index (χ2v) is 12.7. The van der Waals surface area contributed by atoms with Crippen LogP contribution in [-0.4, -0.2) is 41.9 Å². The second-order valence-electron chi connectivity index (χ2n) is 12.7. The zero-order valence-electron chi connectivity index (χ0n) is 21.2. The first-order chi connectivity index (χ1) is 16.7. The van der Waals surface area contributed by atoms with Gasteiger partial charge in [-0.2, -0.15) is 0 Å². The molecule has 0 unspecified atom stereocenters. The SMILES string of the molecule is COC(=O)[C@H](NC(=O)[C@@]1(C)CCC[C@@]2(C)[C@@H]3CC[C@]4(O)C[C@@H]5C[C@@]3(CC[C@@H]21)[C@H]4O5)c1ccccc1. The molecule has 3 aliphatic carbocycles. The number of ether oxygens (including phenoxy) is 2. The van der Waals surface area contributed by atoms with Gasteiger partial charge in [-0.15, -0.1) is 0 Å². The number of nitrogens with one attached hydrogen (secondary N) is 1. The Balaban J connectivity index is 1.30. The molecule has 1 amide bonds. The summed E-state index contributed by atoms with van der Waals surface area (Å²) in [5.74, 6) is 0.209. The fraction of sp³-hybridized carbons (Fsp3) is 0.724. The highest BCUT2D eigenvalue weighted by Crippen LogP contribution is 2.73. The molecule has 5 aliphatic rings. The van der Waals surface area contributed by atoms with Crippen molar-refractivity contribution in [2.45, 2.75) is 95.5 Å². The van der Waals surface area contributed by atoms with Crippen LogP contribution < -0.4 is 5.32 Å². The minimum atomic E-state index is -0.808. The average molecular weight is 482 g/mol. The van der Waals surface area contributed by atoms with Gasteiger partial charge in [0.2, 0.25) is 5.91 Å². The highest BCUT2D eigenvalue weighted by atomic mass is 16.5. The summed E-state index contributed by atoms with van der Waals surface area (Å²) in [7, 11) is 1.37. The normalized spacial score (nSPS) is 46.3. The van der Waals surface area contributed by atoms with Gasteiger partial charge < -0.3 is 19.9 Å². The van der Waals surface area contributed by atoms with Gasteiger partial charge in [-0.3, -0.25) is 4.79 Å². The average Bonchev–Trinajstić information content (AvgIpc) is 3.37. The van der Waals surface area contributed by atoms with Crippen LogP contribution in [0.3, 0.4) is 0 Å². The summed E-state index contributed by atoms with van der Waals surface area (Å²) >= 11 is 0. The molecule has 1 aromatic carbocycles. The van der Waals surface area contributed by atoms with Crippen LogP contribution in [0.2, 0.25) is 0 Å². The van der Waals surface area contributed by atoms with Crippen LogP contribution in [0.25, 0.3) is 0 Å². The molecule has 1 spiro atoms. The lowest BCUT2D eigenvalue weighted by Gasteiger charge is -2.67. The molecule has 0 aromatic heterocycles. The molecule has 6 rings (SSSR count). The molecule has 2 aliphatic heterocycles. The molecule has 2 N–H and O–H groups in total. The third-order valence-corrected chi connectivity index (χ3v) is 11.1. The predicted molar refractivity (Wildman–Crippen MR) is 130 cm³/mol. The Kier molecular flexibility index (Phi) is 5.22. The van der Waals surface area contributed by atoms with Crippen molar-refractivity contribution in [1.82, 2.24) is 5.32 Å². The van der Waals surface area contributed by atoms with Crippen molar-refractivity contribution in [3.63, 3.8) is 0 Å². The number of hydrogen-bond acceptors (Lipinski definition) is 5. The Hall–Kier alpha value is -1.92. The smallest absolute Gasteiger partial charge is 0.333 e. The Morgan fingerprint density at radius 3 is 2.51 bits per heavy atom. The number of carbonyl (C=O) groups is 2. The first kappa shape index (κ1) is 23.5. The number of fused-ring (bicyclic) bond motifs is 3. The molecule has 2 saturated heterocycles. The molecule has 2 heterocycles. The zero-order valence-corrected chi connectivity index (χ0v) is 21.2. The monoisotopic (exact) mass is 481 g/mol. The predicted octanol–water partition coefficient (Wildman–Crippen LogP) is 4.31. The Bertz CT molecular complexity index is 1030. The topological polar surface area (TPSA) is 84.9 Å². The van der Waals surface area contributed by atoms with E-state index in [1.807, 2.05) is 30.3 Å². The van der Waals surface area contributed by atoms with E-state index in [4.69, 9.17) is 9.47 Å². The summed E-state index contributed by atoms with van der Waals surface area (Å²) in [6.07, 6.45) is 8.75. The molecule has 3 saturated carbocycles. The van der Waals surface area contributed by atoms with Crippen LogP contribution in [-0.2, 0) is 19.1 Å². The zero-order chi connectivity index (χ0) is 24.6. The van der Waals surface area contributed by atoms with E-state index in [2.05, 4.69) is 19.2 Å². The van der Waals surface area contributed by atoms with Gasteiger partial charge >= 0.3 is 5.97 Å². The summed E-state index contributed by atoms with van der Waals surface area (Å²) in [6.45, 7) is 4.54. The van der Waals surface area contributed by atoms with E-state index in [9.17, 15) is 14.7 Å². The summed E-state index contributed by atoms with van der Waals surface area (Å²) in [5.41, 5.74) is -0.397. The third kappa shape index (κ3) is 3.14. The number of methoxy groups -OCH3 is 1. The van der Waals surface area contributed by atoms with Crippen LogP contribution in [0.5, 0.6) is 0 Å². The standard InChI is InChI=1S/C29H39NO5/c1-26-12-7-13-27(2,25(32)30-22(23(31)34-3)18-8-5-4-6-9-18)20(26)10-14-28-16-19-17-29(33,24(28)35-19)15-11-21(26)28/h4-6,8-9,19-22,24,33H,7,10-17H2,1-3H3,(H,30,32)/t19-,20-,21-,22+,24+,26+,27-,28+,29-/m0/s1. The number of carbonyl (C=O) groups excluding carboxylic acids is 2. The summed E-state index contributed by atoms with van der Waals surface area (Å²) in [6, 6.07) is 8.56. The van der Waals surface area contributed by atoms with E-state index in [0.29, 0.717) is 5.92 Å². The number of esters is 1. The van der Waals surface area contributed by atoms with E-state index >= 15 is 0 Å². The van der Waals surface area contributed by atoms with Gasteiger partial charge in [0, 0.05) is 17.3 Å². The van der Waals surface area contributed by atoms with E-state index in [0.717, 1.165) is 63.4 Å². The van der Waals surface area contributed by atoms with Crippen molar-refractivity contribution in [1.29, 1.82) is 0 Å². The molecule has 9 atom stereocenters. The van der Waals surface area contributed by atoms with Crippen LogP contribution in [0.1, 0.15) is 83.2 Å². The van der Waals surface area contributed by atoms with E-state index in [1.165, 1.54) is 7.11 Å². The number of aliphatic hydroxyl groups is 1. The minimum Gasteiger partial charge on any atom is -0.467 e. The molecular formula is C29H39NO5. The van der Waals surface area contributed by atoms with E-state index in [1.54, 1.807) is 0 Å². The van der Waals surface area contributed by atoms with Gasteiger partial charge in [-0.05, 0) is 67.8 Å². The lowest BCUT2D eigenvalue weighted by molar-refractivity contribution is -0.217. The van der Waals surface area contributed by atoms with Crippen molar-refractivity contribution in [2.75, 3.05) is 7.11 Å². The fourth-order valence-corrected chi connectivity index (χ4v) is 9.82. The first-order valence-corrected chi connectivity index (χ1v) is 13.5. The molecule has 2 bridgehead atoms. The maximum atomic E-state index is 14.0. The Morgan fingerprint density at radius 2 is 1.80 bits per heavy atom. The minimum absolute atomic E-state index is 0.0191. The molecule has 35 heavy (non-hydrogen) atoms. The van der Waals surface area contributed by atoms with Crippen molar-refractivity contribution in [3.8, 4) is 0 Å². The quantitative estimate of drug-likeness (QED) is 0.626. The third-order valence-electron chi connectivity index (χ3n) is 11.1. The maximum absolute atomic E-state index is 14.0. The van der Waals surface area contributed by atoms with Crippen molar-refractivity contribution < 1.29 is 24.2 Å². The van der Waals surface area contributed by atoms with Crippen LogP contribution in [0.15, 0.2) is 30.3 Å². The van der Waals surface area contributed by atoms with Crippen molar-refractivity contribution in [3.05, 3.63) is 35.9 Å². The van der Waals surface area contributed by atoms with Gasteiger partial charge in [-0.1, -0.05) is 50.6 Å². The van der Waals surface area contributed by atoms with Gasteiger partial charge in [0.15, 0.2) is 6.04 Å². The largest absolute Gasteiger partial charge is 0.467 e. The molecule has 1 aromatic rings. The second kappa shape index (κ2) is 7.79. The number of rotatable bonds is 4. The van der Waals surface area contributed by atoms with Crippen LogP contribution in [0.4, 0.5) is 0 Å². The Morgan fingerprint density at radius 1 is 1.06 bits per heavy atom. The Labute approximate surface area is 208 Å². The molecule has 190 valence electrons. The van der Waals surface area contributed by atoms with Crippen molar-refractivity contribution in [2.24, 2.45) is 28.1 Å². The van der Waals surface area contributed by atoms with Gasteiger partial charge in [0.05, 0.1) is 24.9 Å². The summed E-state index contributed by atoms with van der Waals surface area (Å²) in [4.78, 5) is 26.7. The first-order valence-electron chi connectivity index (χ1n) is 13.5. The number of benzene rings is 1. The van der Waals surface area contributed by atoms with Crippen LogP contribution >= 0.6 is 0 Å². The fourth-order valence-electron chi connectivity index (χ4n) is 9.82. The summed E-state index contributed by atoms with van der Waals surface area (Å²) < 4.78 is 11.5. The molecule has 6 nitrogen and oxygen atoms in total. The molecular weight excluding hydrogens is 442 g/mol. The summed E-state index contributed by atoms with van der Waals surface area (Å²) in [5, 5.41) is 14.5. The molecule has 5 fully saturated rings. The highest BCUT2D eigenvalue weighted by molar-refractivity contribution is 5.89. The lowest BCUT2D eigenvalue weighted by atomic mass is 9.37. The van der Waals surface area contributed by atoms with Crippen LogP contribution in [0, 0.1) is 28.1 Å². The number of amides is 1. The van der Waals surface area contributed by atoms with E-state index in [-0.39, 0.29) is 34.9 Å². The van der Waals surface area contributed by atoms with E-state index < -0.39 is 23.0 Å². The maximum Gasteiger partial charge on any atom is 0.333 e.